The van der Waals surface area contributed by atoms with Crippen molar-refractivity contribution in [1.29, 1.82) is 0 Å². The lowest BCUT2D eigenvalue weighted by Crippen LogP contribution is -2.42. The normalized spacial score (nSPS) is 17.9. The molecule has 0 unspecified atom stereocenters. The van der Waals surface area contributed by atoms with E-state index in [9.17, 15) is 4.79 Å². The average molecular weight is 361 g/mol. The number of benzene rings is 2. The molecule has 2 heterocycles. The fourth-order valence-corrected chi connectivity index (χ4v) is 3.98. The van der Waals surface area contributed by atoms with Gasteiger partial charge in [0.1, 0.15) is 5.82 Å². The smallest absolute Gasteiger partial charge is 0.223 e. The number of imidazole rings is 1. The summed E-state index contributed by atoms with van der Waals surface area (Å²) in [6, 6.07) is 16.9. The second kappa shape index (κ2) is 6.52. The molecule has 3 aromatic rings. The number of para-hydroxylation sites is 2. The van der Waals surface area contributed by atoms with Crippen LogP contribution in [0.25, 0.3) is 11.0 Å². The Kier molecular flexibility index (Phi) is 4.29. The maximum Gasteiger partial charge on any atom is 0.223 e. The molecule has 1 aliphatic heterocycles. The van der Waals surface area contributed by atoms with Gasteiger partial charge in [-0.25, -0.2) is 4.98 Å². The van der Waals surface area contributed by atoms with Crippen LogP contribution in [0.1, 0.15) is 50.1 Å². The summed E-state index contributed by atoms with van der Waals surface area (Å²) in [4.78, 5) is 19.6. The van der Waals surface area contributed by atoms with Crippen LogP contribution in [-0.2, 0) is 11.3 Å². The SMILES string of the molecule is Cc1ccc(Cn2c([C@@H]3CC(=O)N(C(C)(C)C)C3)nc3ccccc32)cc1. The average Bonchev–Trinajstić information content (AvgIpc) is 3.18. The Morgan fingerprint density at radius 1 is 1.07 bits per heavy atom. The molecule has 0 saturated carbocycles. The molecule has 0 N–H and O–H groups in total. The van der Waals surface area contributed by atoms with Crippen molar-refractivity contribution in [2.75, 3.05) is 6.54 Å². The molecule has 27 heavy (non-hydrogen) atoms. The highest BCUT2D eigenvalue weighted by atomic mass is 16.2. The summed E-state index contributed by atoms with van der Waals surface area (Å²) in [5.74, 6) is 1.38. The first-order chi connectivity index (χ1) is 12.8. The first kappa shape index (κ1) is 17.8. The zero-order chi connectivity index (χ0) is 19.2. The molecule has 1 fully saturated rings. The van der Waals surface area contributed by atoms with Crippen molar-refractivity contribution < 1.29 is 4.79 Å². The van der Waals surface area contributed by atoms with Crippen molar-refractivity contribution >= 4 is 16.9 Å². The fraction of sp³-hybridized carbons (Fsp3) is 0.391. The number of aromatic nitrogens is 2. The fourth-order valence-electron chi connectivity index (χ4n) is 3.98. The van der Waals surface area contributed by atoms with Gasteiger partial charge in [-0.1, -0.05) is 42.0 Å². The molecule has 4 nitrogen and oxygen atoms in total. The second-order valence-corrected chi connectivity index (χ2v) is 8.61. The summed E-state index contributed by atoms with van der Waals surface area (Å²) >= 11 is 0. The third-order valence-electron chi connectivity index (χ3n) is 5.45. The third kappa shape index (κ3) is 3.36. The molecule has 1 amide bonds. The molecule has 0 aliphatic carbocycles. The molecule has 4 heteroatoms. The van der Waals surface area contributed by atoms with Crippen molar-refractivity contribution in [1.82, 2.24) is 14.5 Å². The van der Waals surface area contributed by atoms with Crippen LogP contribution in [0.5, 0.6) is 0 Å². The van der Waals surface area contributed by atoms with E-state index in [0.29, 0.717) is 6.42 Å². The minimum absolute atomic E-state index is 0.134. The van der Waals surface area contributed by atoms with Gasteiger partial charge in [-0.2, -0.15) is 0 Å². The number of rotatable bonds is 3. The molecule has 1 aliphatic rings. The van der Waals surface area contributed by atoms with E-state index >= 15 is 0 Å². The second-order valence-electron chi connectivity index (χ2n) is 8.61. The van der Waals surface area contributed by atoms with E-state index in [1.165, 1.54) is 11.1 Å². The highest BCUT2D eigenvalue weighted by molar-refractivity contribution is 5.81. The van der Waals surface area contributed by atoms with Crippen molar-refractivity contribution in [3.8, 4) is 0 Å². The lowest BCUT2D eigenvalue weighted by molar-refractivity contribution is -0.131. The standard InChI is InChI=1S/C23H27N3O/c1-16-9-11-17(12-10-16)14-25-20-8-6-5-7-19(20)24-22(25)18-13-21(27)26(15-18)23(2,3)4/h5-12,18H,13-15H2,1-4H3/t18-/m1/s1. The van der Waals surface area contributed by atoms with E-state index in [-0.39, 0.29) is 17.4 Å². The summed E-state index contributed by atoms with van der Waals surface area (Å²) in [6.07, 6.45) is 0.536. The Morgan fingerprint density at radius 2 is 1.78 bits per heavy atom. The first-order valence-electron chi connectivity index (χ1n) is 9.64. The Hall–Kier alpha value is -2.62. The molecule has 2 aromatic carbocycles. The van der Waals surface area contributed by atoms with Crippen LogP contribution in [-0.4, -0.2) is 32.4 Å². The van der Waals surface area contributed by atoms with E-state index in [0.717, 1.165) is 29.9 Å². The number of hydrogen-bond acceptors (Lipinski definition) is 2. The molecule has 0 spiro atoms. The molecule has 0 radical (unpaired) electrons. The number of aryl methyl sites for hydroxylation is 1. The van der Waals surface area contributed by atoms with Gasteiger partial charge in [-0.3, -0.25) is 4.79 Å². The van der Waals surface area contributed by atoms with Gasteiger partial charge in [-0.05, 0) is 45.4 Å². The van der Waals surface area contributed by atoms with E-state index in [1.807, 2.05) is 11.0 Å². The Labute approximate surface area is 160 Å². The van der Waals surface area contributed by atoms with Gasteiger partial charge >= 0.3 is 0 Å². The van der Waals surface area contributed by atoms with Gasteiger partial charge in [0.2, 0.25) is 5.91 Å². The summed E-state index contributed by atoms with van der Waals surface area (Å²) in [6.45, 7) is 9.91. The topological polar surface area (TPSA) is 38.1 Å². The summed E-state index contributed by atoms with van der Waals surface area (Å²) in [5, 5.41) is 0. The van der Waals surface area contributed by atoms with E-state index in [1.54, 1.807) is 0 Å². The van der Waals surface area contributed by atoms with Crippen LogP contribution in [0.2, 0.25) is 0 Å². The van der Waals surface area contributed by atoms with Gasteiger partial charge in [0, 0.05) is 31.0 Å². The van der Waals surface area contributed by atoms with Crippen LogP contribution in [0.15, 0.2) is 48.5 Å². The lowest BCUT2D eigenvalue weighted by atomic mass is 10.1. The Balaban J connectivity index is 1.74. The number of nitrogens with zero attached hydrogens (tertiary/aromatic N) is 3. The third-order valence-corrected chi connectivity index (χ3v) is 5.45. The quantitative estimate of drug-likeness (QED) is 0.688. The van der Waals surface area contributed by atoms with E-state index in [4.69, 9.17) is 4.98 Å². The zero-order valence-corrected chi connectivity index (χ0v) is 16.6. The maximum absolute atomic E-state index is 12.6. The molecule has 1 atom stereocenters. The van der Waals surface area contributed by atoms with E-state index < -0.39 is 0 Å². The number of hydrogen-bond donors (Lipinski definition) is 0. The minimum Gasteiger partial charge on any atom is -0.337 e. The van der Waals surface area contributed by atoms with Crippen molar-refractivity contribution in [2.45, 2.75) is 52.1 Å². The molecule has 1 saturated heterocycles. The predicted molar refractivity (Wildman–Crippen MR) is 109 cm³/mol. The van der Waals surface area contributed by atoms with Gasteiger partial charge in [-0.15, -0.1) is 0 Å². The first-order valence-corrected chi connectivity index (χ1v) is 9.64. The van der Waals surface area contributed by atoms with Crippen molar-refractivity contribution in [3.05, 3.63) is 65.5 Å². The zero-order valence-electron chi connectivity index (χ0n) is 16.6. The van der Waals surface area contributed by atoms with Crippen molar-refractivity contribution in [3.63, 3.8) is 0 Å². The number of carbonyl (C=O) groups excluding carboxylic acids is 1. The number of amides is 1. The van der Waals surface area contributed by atoms with Gasteiger partial charge in [0.15, 0.2) is 0 Å². The number of carbonyl (C=O) groups is 1. The van der Waals surface area contributed by atoms with Gasteiger partial charge < -0.3 is 9.47 Å². The minimum atomic E-state index is -0.153. The summed E-state index contributed by atoms with van der Waals surface area (Å²) in [5.41, 5.74) is 4.49. The van der Waals surface area contributed by atoms with Crippen LogP contribution in [0.4, 0.5) is 0 Å². The summed E-state index contributed by atoms with van der Waals surface area (Å²) in [7, 11) is 0. The molecule has 0 bridgehead atoms. The number of fused-ring (bicyclic) bond motifs is 1. The van der Waals surface area contributed by atoms with Crippen LogP contribution >= 0.6 is 0 Å². The van der Waals surface area contributed by atoms with E-state index in [2.05, 4.69) is 74.7 Å². The molecule has 1 aromatic heterocycles. The largest absolute Gasteiger partial charge is 0.337 e. The van der Waals surface area contributed by atoms with Crippen LogP contribution < -0.4 is 0 Å². The predicted octanol–water partition coefficient (Wildman–Crippen LogP) is 4.51. The van der Waals surface area contributed by atoms with Gasteiger partial charge in [0.05, 0.1) is 11.0 Å². The maximum atomic E-state index is 12.6. The van der Waals surface area contributed by atoms with Crippen molar-refractivity contribution in [2.24, 2.45) is 0 Å². The number of likely N-dealkylation sites (tertiary alicyclic amines) is 1. The Morgan fingerprint density at radius 3 is 2.44 bits per heavy atom. The summed E-state index contributed by atoms with van der Waals surface area (Å²) < 4.78 is 2.30. The molecular weight excluding hydrogens is 334 g/mol. The Bertz CT molecular complexity index is 979. The molecular formula is C23H27N3O. The molecule has 140 valence electrons. The highest BCUT2D eigenvalue weighted by Gasteiger charge is 2.38. The highest BCUT2D eigenvalue weighted by Crippen LogP contribution is 2.34. The lowest BCUT2D eigenvalue weighted by Gasteiger charge is -2.32. The monoisotopic (exact) mass is 361 g/mol. The van der Waals surface area contributed by atoms with Gasteiger partial charge in [0.25, 0.3) is 0 Å². The van der Waals surface area contributed by atoms with Crippen LogP contribution in [0, 0.1) is 6.92 Å². The van der Waals surface area contributed by atoms with Crippen LogP contribution in [0.3, 0.4) is 0 Å². The molecule has 4 rings (SSSR count).